The number of nitrogens with zero attached hydrogens (tertiary/aromatic N) is 1. The first-order valence-corrected chi connectivity index (χ1v) is 11.9. The first-order valence-electron chi connectivity index (χ1n) is 11.9. The van der Waals surface area contributed by atoms with Gasteiger partial charge >= 0.3 is 5.97 Å². The predicted octanol–water partition coefficient (Wildman–Crippen LogP) is -5.13. The summed E-state index contributed by atoms with van der Waals surface area (Å²) in [4.78, 5) is 60.6. The molecule has 13 N–H and O–H groups in total. The summed E-state index contributed by atoms with van der Waals surface area (Å²) in [5.41, 5.74) is 11.0. The van der Waals surface area contributed by atoms with Gasteiger partial charge in [-0.05, 0) is 39.2 Å². The van der Waals surface area contributed by atoms with Crippen LogP contribution in [0.25, 0.3) is 0 Å². The van der Waals surface area contributed by atoms with Gasteiger partial charge in [0.1, 0.15) is 12.3 Å². The van der Waals surface area contributed by atoms with Crippen LogP contribution in [0.2, 0.25) is 0 Å². The molecule has 0 fully saturated rings. The number of rotatable bonds is 20. The van der Waals surface area contributed by atoms with E-state index in [4.69, 9.17) is 27.5 Å². The van der Waals surface area contributed by atoms with E-state index < -0.39 is 79.6 Å². The van der Waals surface area contributed by atoms with Gasteiger partial charge < -0.3 is 52.6 Å². The average molecular weight is 536 g/mol. The van der Waals surface area contributed by atoms with Gasteiger partial charge in [0.05, 0.1) is 31.4 Å². The Morgan fingerprint density at radius 3 is 2.14 bits per heavy atom. The van der Waals surface area contributed by atoms with Crippen molar-refractivity contribution in [1.82, 2.24) is 21.0 Å². The largest absolute Gasteiger partial charge is 0.481 e. The van der Waals surface area contributed by atoms with Crippen molar-refractivity contribution in [2.75, 3.05) is 26.3 Å². The van der Waals surface area contributed by atoms with Crippen LogP contribution in [0.4, 0.5) is 0 Å². The monoisotopic (exact) mass is 535 g/mol. The summed E-state index contributed by atoms with van der Waals surface area (Å²) in [5, 5.41) is 45.5. The Bertz CT molecular complexity index is 741. The second kappa shape index (κ2) is 18.5. The van der Waals surface area contributed by atoms with Crippen LogP contribution in [0.1, 0.15) is 39.0 Å². The number of unbranched alkanes of at least 4 members (excludes halogenated alkanes) is 1. The van der Waals surface area contributed by atoms with E-state index >= 15 is 0 Å². The molecule has 0 spiro atoms. The molecule has 16 nitrogen and oxygen atoms in total. The zero-order valence-corrected chi connectivity index (χ0v) is 20.9. The molecule has 0 aromatic heterocycles. The van der Waals surface area contributed by atoms with Crippen molar-refractivity contribution in [2.45, 2.75) is 75.3 Å². The first kappa shape index (κ1) is 34.3. The van der Waals surface area contributed by atoms with Gasteiger partial charge in [-0.25, -0.2) is 5.84 Å². The number of hydrazine groups is 1. The maximum atomic E-state index is 13.0. The number of aliphatic hydroxyl groups is 3. The molecule has 1 unspecified atom stereocenters. The van der Waals surface area contributed by atoms with Crippen molar-refractivity contribution in [3.63, 3.8) is 0 Å². The summed E-state index contributed by atoms with van der Waals surface area (Å²) >= 11 is 0. The van der Waals surface area contributed by atoms with Crippen LogP contribution in [0.3, 0.4) is 0 Å². The molecule has 0 saturated heterocycles. The van der Waals surface area contributed by atoms with Crippen LogP contribution in [0.15, 0.2) is 0 Å². The molecule has 0 saturated carbocycles. The van der Waals surface area contributed by atoms with Crippen molar-refractivity contribution >= 4 is 30.0 Å². The molecular weight excluding hydrogens is 494 g/mol. The van der Waals surface area contributed by atoms with Crippen molar-refractivity contribution in [3.8, 4) is 0 Å². The summed E-state index contributed by atoms with van der Waals surface area (Å²) in [5.74, 6) is 1.72. The highest BCUT2D eigenvalue weighted by Crippen LogP contribution is 2.09. The lowest BCUT2D eigenvalue weighted by molar-refractivity contribution is -0.148. The molecule has 0 aliphatic carbocycles. The predicted molar refractivity (Wildman–Crippen MR) is 130 cm³/mol. The SMILES string of the molecule is CC(O)[C@@H](C(=O)N[C@@H](CO)C(=O)N[C@H](C=O)CCCCN)N(N)C(=O)[C@H](CCC(=O)O)NC[C@@H](N)CO. The van der Waals surface area contributed by atoms with Gasteiger partial charge in [0.2, 0.25) is 11.8 Å². The van der Waals surface area contributed by atoms with Crippen molar-refractivity contribution in [1.29, 1.82) is 0 Å². The molecule has 0 rings (SSSR count). The zero-order valence-electron chi connectivity index (χ0n) is 20.9. The van der Waals surface area contributed by atoms with E-state index in [0.717, 1.165) is 6.92 Å². The summed E-state index contributed by atoms with van der Waals surface area (Å²) in [6, 6.07) is -6.14. The van der Waals surface area contributed by atoms with Gasteiger partial charge in [-0.1, -0.05) is 0 Å². The molecule has 0 aromatic rings. The highest BCUT2D eigenvalue weighted by atomic mass is 16.4. The van der Waals surface area contributed by atoms with Crippen molar-refractivity contribution < 1.29 is 44.4 Å². The molecule has 3 amide bonds. The topological polar surface area (TPSA) is 284 Å². The lowest BCUT2D eigenvalue weighted by Crippen LogP contribution is -2.64. The van der Waals surface area contributed by atoms with E-state index in [9.17, 15) is 34.2 Å². The van der Waals surface area contributed by atoms with E-state index in [2.05, 4.69) is 16.0 Å². The van der Waals surface area contributed by atoms with E-state index in [-0.39, 0.29) is 13.0 Å². The third-order valence-corrected chi connectivity index (χ3v) is 5.36. The molecular formula is C21H41N7O9. The van der Waals surface area contributed by atoms with Crippen LogP contribution < -0.4 is 33.3 Å². The Kier molecular flexibility index (Phi) is 17.1. The first-order chi connectivity index (χ1) is 17.4. The van der Waals surface area contributed by atoms with Gasteiger partial charge in [-0.2, -0.15) is 0 Å². The highest BCUT2D eigenvalue weighted by Gasteiger charge is 2.37. The standard InChI is InChI=1S/C21H41N7O9/c1-12(32)18(28(24)21(37)15(5-6-17(33)34)25-8-13(23)9-29)20(36)27-16(11-31)19(35)26-14(10-30)4-2-3-7-22/h10,12-16,18,25,29,31-32H,2-9,11,22-24H2,1H3,(H,26,35)(H,27,36)(H,33,34)/t12?,13-,14+,15+,16+,18+/m1/s1. The minimum atomic E-state index is -1.73. The molecule has 16 heteroatoms. The Hall–Kier alpha value is -2.73. The number of amides is 3. The average Bonchev–Trinajstić information content (AvgIpc) is 2.85. The number of nitrogens with two attached hydrogens (primary N) is 3. The fourth-order valence-electron chi connectivity index (χ4n) is 3.25. The number of aldehydes is 1. The van der Waals surface area contributed by atoms with Crippen LogP contribution in [0.5, 0.6) is 0 Å². The Labute approximate surface area is 214 Å². The quantitative estimate of drug-likeness (QED) is 0.0230. The third-order valence-electron chi connectivity index (χ3n) is 5.36. The Morgan fingerprint density at radius 2 is 1.65 bits per heavy atom. The number of hydrogen-bond acceptors (Lipinski definition) is 12. The summed E-state index contributed by atoms with van der Waals surface area (Å²) in [6.07, 6.45) is -0.229. The number of nitrogens with one attached hydrogen (secondary N) is 3. The van der Waals surface area contributed by atoms with Gasteiger partial charge in [-0.15, -0.1) is 0 Å². The molecule has 6 atom stereocenters. The van der Waals surface area contributed by atoms with E-state index in [0.29, 0.717) is 37.1 Å². The van der Waals surface area contributed by atoms with Crippen LogP contribution in [-0.4, -0.2) is 118 Å². The van der Waals surface area contributed by atoms with Gasteiger partial charge in [0.15, 0.2) is 6.04 Å². The highest BCUT2D eigenvalue weighted by molar-refractivity contribution is 5.94. The fraction of sp³-hybridized carbons (Fsp3) is 0.762. The minimum Gasteiger partial charge on any atom is -0.481 e. The summed E-state index contributed by atoms with van der Waals surface area (Å²) < 4.78 is 0. The smallest absolute Gasteiger partial charge is 0.303 e. The maximum absolute atomic E-state index is 13.0. The van der Waals surface area contributed by atoms with Crippen LogP contribution in [-0.2, 0) is 24.0 Å². The van der Waals surface area contributed by atoms with Crippen LogP contribution >= 0.6 is 0 Å². The number of aliphatic hydroxyl groups excluding tert-OH is 3. The molecule has 214 valence electrons. The minimum absolute atomic E-state index is 0.0815. The number of carbonyl (C=O) groups excluding carboxylic acids is 4. The number of aliphatic carboxylic acids is 1. The maximum Gasteiger partial charge on any atom is 0.303 e. The Balaban J connectivity index is 5.50. The normalized spacial score (nSPS) is 16.0. The lowest BCUT2D eigenvalue weighted by Gasteiger charge is -2.32. The Morgan fingerprint density at radius 1 is 1.00 bits per heavy atom. The number of carboxylic acids is 1. The molecule has 0 aromatic carbocycles. The fourth-order valence-corrected chi connectivity index (χ4v) is 3.25. The second-order valence-electron chi connectivity index (χ2n) is 8.55. The van der Waals surface area contributed by atoms with Gasteiger partial charge in [0, 0.05) is 19.0 Å². The summed E-state index contributed by atoms with van der Waals surface area (Å²) in [7, 11) is 0. The lowest BCUT2D eigenvalue weighted by atomic mass is 10.1. The van der Waals surface area contributed by atoms with E-state index in [1.54, 1.807) is 0 Å². The molecule has 0 aliphatic rings. The second-order valence-corrected chi connectivity index (χ2v) is 8.55. The number of hydrogen-bond donors (Lipinski definition) is 10. The van der Waals surface area contributed by atoms with Crippen molar-refractivity contribution in [3.05, 3.63) is 0 Å². The number of carboxylic acid groups (broad SMARTS) is 1. The molecule has 0 aliphatic heterocycles. The zero-order chi connectivity index (χ0) is 28.5. The van der Waals surface area contributed by atoms with E-state index in [1.165, 1.54) is 0 Å². The van der Waals surface area contributed by atoms with E-state index in [1.807, 2.05) is 0 Å². The molecule has 37 heavy (non-hydrogen) atoms. The third kappa shape index (κ3) is 12.9. The van der Waals surface area contributed by atoms with Crippen molar-refractivity contribution in [2.24, 2.45) is 17.3 Å². The number of carbonyl (C=O) groups is 5. The summed E-state index contributed by atoms with van der Waals surface area (Å²) in [6.45, 7) is 0.207. The van der Waals surface area contributed by atoms with Gasteiger partial charge in [0.25, 0.3) is 5.91 Å². The van der Waals surface area contributed by atoms with Crippen LogP contribution in [0, 0.1) is 0 Å². The van der Waals surface area contributed by atoms with Gasteiger partial charge in [-0.3, -0.25) is 24.2 Å². The molecule has 0 bridgehead atoms. The molecule has 0 radical (unpaired) electrons. The molecule has 0 heterocycles.